The molecule has 1 rings (SSSR count). The SMILES string of the molecule is CC(O)C(C)(C)c1ccc(O)cc1. The van der Waals surface area contributed by atoms with Crippen LogP contribution in [0.25, 0.3) is 0 Å². The maximum atomic E-state index is 9.54. The number of benzene rings is 1. The Morgan fingerprint density at radius 1 is 1.15 bits per heavy atom. The van der Waals surface area contributed by atoms with E-state index in [2.05, 4.69) is 0 Å². The minimum atomic E-state index is -0.406. The summed E-state index contributed by atoms with van der Waals surface area (Å²) in [6.07, 6.45) is -0.406. The fourth-order valence-corrected chi connectivity index (χ4v) is 1.13. The average Bonchev–Trinajstić information content (AvgIpc) is 2.04. The Labute approximate surface area is 78.8 Å². The molecule has 0 fully saturated rings. The molecule has 0 aliphatic carbocycles. The van der Waals surface area contributed by atoms with Gasteiger partial charge in [0.25, 0.3) is 0 Å². The van der Waals surface area contributed by atoms with Gasteiger partial charge in [-0.05, 0) is 24.6 Å². The van der Waals surface area contributed by atoms with Gasteiger partial charge in [0.05, 0.1) is 6.10 Å². The first kappa shape index (κ1) is 10.1. The molecule has 0 saturated heterocycles. The third-order valence-electron chi connectivity index (χ3n) is 2.66. The van der Waals surface area contributed by atoms with Crippen molar-refractivity contribution in [1.82, 2.24) is 0 Å². The molecule has 0 bridgehead atoms. The number of hydrogen-bond acceptors (Lipinski definition) is 2. The molecule has 13 heavy (non-hydrogen) atoms. The zero-order valence-corrected chi connectivity index (χ0v) is 8.28. The second-order valence-corrected chi connectivity index (χ2v) is 3.94. The highest BCUT2D eigenvalue weighted by Gasteiger charge is 2.25. The van der Waals surface area contributed by atoms with Crippen molar-refractivity contribution in [3.05, 3.63) is 29.8 Å². The number of rotatable bonds is 2. The zero-order chi connectivity index (χ0) is 10.1. The quantitative estimate of drug-likeness (QED) is 0.731. The molecular formula is C11H16O2. The standard InChI is InChI=1S/C11H16O2/c1-8(12)11(2,3)9-4-6-10(13)7-5-9/h4-8,12-13H,1-3H3. The number of aliphatic hydroxyl groups is 1. The molecule has 0 aliphatic heterocycles. The lowest BCUT2D eigenvalue weighted by Gasteiger charge is -2.28. The Hall–Kier alpha value is -1.02. The van der Waals surface area contributed by atoms with Crippen LogP contribution >= 0.6 is 0 Å². The summed E-state index contributed by atoms with van der Waals surface area (Å²) in [4.78, 5) is 0. The van der Waals surface area contributed by atoms with Gasteiger partial charge in [0.15, 0.2) is 0 Å². The number of aromatic hydroxyl groups is 1. The smallest absolute Gasteiger partial charge is 0.115 e. The highest BCUT2D eigenvalue weighted by molar-refractivity contribution is 5.31. The van der Waals surface area contributed by atoms with Gasteiger partial charge in [0.1, 0.15) is 5.75 Å². The lowest BCUT2D eigenvalue weighted by Crippen LogP contribution is -2.30. The summed E-state index contributed by atoms with van der Waals surface area (Å²) in [7, 11) is 0. The normalized spacial score (nSPS) is 14.2. The molecule has 0 saturated carbocycles. The van der Waals surface area contributed by atoms with Gasteiger partial charge in [-0.15, -0.1) is 0 Å². The maximum Gasteiger partial charge on any atom is 0.115 e. The lowest BCUT2D eigenvalue weighted by molar-refractivity contribution is 0.118. The van der Waals surface area contributed by atoms with Crippen molar-refractivity contribution in [2.24, 2.45) is 0 Å². The fraction of sp³-hybridized carbons (Fsp3) is 0.455. The Bertz CT molecular complexity index is 273. The molecule has 2 nitrogen and oxygen atoms in total. The van der Waals surface area contributed by atoms with E-state index in [0.29, 0.717) is 0 Å². The molecule has 1 aromatic rings. The van der Waals surface area contributed by atoms with Crippen LogP contribution in [-0.2, 0) is 5.41 Å². The molecule has 1 atom stereocenters. The average molecular weight is 180 g/mol. The molecule has 2 N–H and O–H groups in total. The predicted octanol–water partition coefficient (Wildman–Crippen LogP) is 2.05. The zero-order valence-electron chi connectivity index (χ0n) is 8.28. The van der Waals surface area contributed by atoms with Crippen LogP contribution in [0.15, 0.2) is 24.3 Å². The van der Waals surface area contributed by atoms with E-state index >= 15 is 0 Å². The van der Waals surface area contributed by atoms with Crippen molar-refractivity contribution in [2.45, 2.75) is 32.3 Å². The van der Waals surface area contributed by atoms with Crippen molar-refractivity contribution in [2.75, 3.05) is 0 Å². The van der Waals surface area contributed by atoms with Crippen LogP contribution in [0.3, 0.4) is 0 Å². The van der Waals surface area contributed by atoms with Gasteiger partial charge in [-0.2, -0.15) is 0 Å². The Kier molecular flexibility index (Phi) is 2.62. The van der Waals surface area contributed by atoms with E-state index in [1.807, 2.05) is 26.0 Å². The van der Waals surface area contributed by atoms with Gasteiger partial charge < -0.3 is 10.2 Å². The van der Waals surface area contributed by atoms with Crippen molar-refractivity contribution < 1.29 is 10.2 Å². The second kappa shape index (κ2) is 3.38. The van der Waals surface area contributed by atoms with E-state index in [1.54, 1.807) is 19.1 Å². The van der Waals surface area contributed by atoms with Crippen molar-refractivity contribution >= 4 is 0 Å². The van der Waals surface area contributed by atoms with E-state index in [9.17, 15) is 5.11 Å². The molecule has 0 aromatic heterocycles. The molecule has 1 unspecified atom stereocenters. The highest BCUT2D eigenvalue weighted by Crippen LogP contribution is 2.27. The minimum Gasteiger partial charge on any atom is -0.508 e. The van der Waals surface area contributed by atoms with E-state index < -0.39 is 6.10 Å². The van der Waals surface area contributed by atoms with Crippen molar-refractivity contribution in [1.29, 1.82) is 0 Å². The Balaban J connectivity index is 3.01. The van der Waals surface area contributed by atoms with E-state index in [1.165, 1.54) is 0 Å². The summed E-state index contributed by atoms with van der Waals surface area (Å²) in [5.41, 5.74) is 0.758. The van der Waals surface area contributed by atoms with Crippen LogP contribution in [-0.4, -0.2) is 16.3 Å². The van der Waals surface area contributed by atoms with Gasteiger partial charge in [0, 0.05) is 5.41 Å². The summed E-state index contributed by atoms with van der Waals surface area (Å²) in [6, 6.07) is 6.95. The summed E-state index contributed by atoms with van der Waals surface area (Å²) < 4.78 is 0. The topological polar surface area (TPSA) is 40.5 Å². The Morgan fingerprint density at radius 2 is 1.62 bits per heavy atom. The van der Waals surface area contributed by atoms with Crippen LogP contribution in [0.4, 0.5) is 0 Å². The number of aliphatic hydroxyl groups excluding tert-OH is 1. The largest absolute Gasteiger partial charge is 0.508 e. The van der Waals surface area contributed by atoms with E-state index in [0.717, 1.165) is 5.56 Å². The van der Waals surface area contributed by atoms with E-state index in [-0.39, 0.29) is 11.2 Å². The summed E-state index contributed by atoms with van der Waals surface area (Å²) in [5, 5.41) is 18.6. The number of phenols is 1. The van der Waals surface area contributed by atoms with Crippen LogP contribution in [0.1, 0.15) is 26.3 Å². The molecule has 0 spiro atoms. The molecule has 2 heteroatoms. The Morgan fingerprint density at radius 3 is 2.00 bits per heavy atom. The first-order valence-corrected chi connectivity index (χ1v) is 4.42. The molecule has 1 aromatic carbocycles. The summed E-state index contributed by atoms with van der Waals surface area (Å²) in [6.45, 7) is 5.72. The lowest BCUT2D eigenvalue weighted by atomic mass is 9.80. The predicted molar refractivity (Wildman–Crippen MR) is 52.8 cm³/mol. The molecule has 0 aliphatic rings. The fourth-order valence-electron chi connectivity index (χ4n) is 1.13. The molecular weight excluding hydrogens is 164 g/mol. The number of hydrogen-bond donors (Lipinski definition) is 2. The second-order valence-electron chi connectivity index (χ2n) is 3.94. The third-order valence-corrected chi connectivity index (χ3v) is 2.66. The number of phenolic OH excluding ortho intramolecular Hbond substituents is 1. The molecule has 72 valence electrons. The molecule has 0 amide bonds. The van der Waals surface area contributed by atoms with Gasteiger partial charge in [-0.3, -0.25) is 0 Å². The van der Waals surface area contributed by atoms with Crippen LogP contribution in [0, 0.1) is 0 Å². The molecule has 0 heterocycles. The van der Waals surface area contributed by atoms with E-state index in [4.69, 9.17) is 5.11 Å². The van der Waals surface area contributed by atoms with Crippen molar-refractivity contribution in [3.8, 4) is 5.75 Å². The van der Waals surface area contributed by atoms with Gasteiger partial charge in [0.2, 0.25) is 0 Å². The summed E-state index contributed by atoms with van der Waals surface area (Å²) in [5.74, 6) is 0.255. The third kappa shape index (κ3) is 2.01. The van der Waals surface area contributed by atoms with Crippen LogP contribution in [0.2, 0.25) is 0 Å². The highest BCUT2D eigenvalue weighted by atomic mass is 16.3. The van der Waals surface area contributed by atoms with Gasteiger partial charge >= 0.3 is 0 Å². The monoisotopic (exact) mass is 180 g/mol. The first-order valence-electron chi connectivity index (χ1n) is 4.42. The molecule has 0 radical (unpaired) electrons. The van der Waals surface area contributed by atoms with Gasteiger partial charge in [-0.25, -0.2) is 0 Å². The first-order chi connectivity index (χ1) is 5.94. The summed E-state index contributed by atoms with van der Waals surface area (Å²) >= 11 is 0. The minimum absolute atomic E-state index is 0.255. The van der Waals surface area contributed by atoms with Crippen LogP contribution in [0.5, 0.6) is 5.75 Å². The van der Waals surface area contributed by atoms with Crippen molar-refractivity contribution in [3.63, 3.8) is 0 Å². The van der Waals surface area contributed by atoms with Crippen LogP contribution < -0.4 is 0 Å². The maximum absolute atomic E-state index is 9.54. The van der Waals surface area contributed by atoms with Gasteiger partial charge in [-0.1, -0.05) is 26.0 Å².